The number of hydrogen-bond donors (Lipinski definition) is 1. The van der Waals surface area contributed by atoms with Gasteiger partial charge in [0.2, 0.25) is 0 Å². The molecule has 0 bridgehead atoms. The molecule has 0 atom stereocenters. The molecule has 3 aromatic heterocycles. The van der Waals surface area contributed by atoms with Gasteiger partial charge >= 0.3 is 11.4 Å². The van der Waals surface area contributed by atoms with E-state index in [4.69, 9.17) is 0 Å². The minimum Gasteiger partial charge on any atom is -0.348 e. The predicted molar refractivity (Wildman–Crippen MR) is 93.7 cm³/mol. The van der Waals surface area contributed by atoms with Gasteiger partial charge in [0.25, 0.3) is 11.1 Å². The molecule has 1 N–H and O–H groups in total. The second kappa shape index (κ2) is 4.97. The van der Waals surface area contributed by atoms with Crippen LogP contribution in [0.1, 0.15) is 0 Å². The second-order valence-electron chi connectivity index (χ2n) is 6.20. The van der Waals surface area contributed by atoms with Gasteiger partial charge in [0.1, 0.15) is 18.7 Å². The number of H-pyrrole nitrogens is 1. The van der Waals surface area contributed by atoms with E-state index in [1.807, 2.05) is 0 Å². The van der Waals surface area contributed by atoms with Crippen molar-refractivity contribution in [2.45, 2.75) is 0 Å². The zero-order valence-electron chi connectivity index (χ0n) is 14.5. The van der Waals surface area contributed by atoms with Crippen LogP contribution >= 0.6 is 0 Å². The van der Waals surface area contributed by atoms with Crippen molar-refractivity contribution in [3.05, 3.63) is 48.0 Å². The molecule has 1 aliphatic heterocycles. The number of imidazole rings is 1. The van der Waals surface area contributed by atoms with E-state index in [-0.39, 0.29) is 17.8 Å². The van der Waals surface area contributed by atoms with Gasteiger partial charge in [-0.05, 0) is 0 Å². The first-order chi connectivity index (χ1) is 12.2. The molecule has 0 aromatic carbocycles. The zero-order valence-corrected chi connectivity index (χ0v) is 14.5. The fourth-order valence-corrected chi connectivity index (χ4v) is 3.28. The Morgan fingerprint density at radius 2 is 1.69 bits per heavy atom. The molecule has 0 amide bonds. The highest BCUT2D eigenvalue weighted by Crippen LogP contribution is 2.30. The summed E-state index contributed by atoms with van der Waals surface area (Å²) in [6.45, 7) is 0.227. The molecule has 12 nitrogen and oxygen atoms in total. The average Bonchev–Trinajstić information content (AvgIpc) is 3.17. The summed E-state index contributed by atoms with van der Waals surface area (Å²) in [5.74, 6) is 0.341. The Balaban J connectivity index is 2.10. The van der Waals surface area contributed by atoms with Crippen LogP contribution in [0.2, 0.25) is 0 Å². The Kier molecular flexibility index (Phi) is 3.04. The maximum atomic E-state index is 12.3. The number of nitrogens with one attached hydrogen (secondary N) is 1. The zero-order chi connectivity index (χ0) is 18.9. The van der Waals surface area contributed by atoms with Crippen molar-refractivity contribution in [2.24, 2.45) is 21.1 Å². The summed E-state index contributed by atoms with van der Waals surface area (Å²) >= 11 is 0. The van der Waals surface area contributed by atoms with Crippen LogP contribution < -0.4 is 32.4 Å². The first-order valence-electron chi connectivity index (χ1n) is 7.69. The van der Waals surface area contributed by atoms with Gasteiger partial charge in [-0.15, -0.1) is 0 Å². The summed E-state index contributed by atoms with van der Waals surface area (Å²) in [5, 5.41) is 1.61. The Morgan fingerprint density at radius 1 is 1.00 bits per heavy atom. The van der Waals surface area contributed by atoms with E-state index in [1.165, 1.54) is 41.3 Å². The first-order valence-corrected chi connectivity index (χ1v) is 7.69. The highest BCUT2D eigenvalue weighted by molar-refractivity contribution is 5.76. The lowest BCUT2D eigenvalue weighted by Crippen LogP contribution is -2.40. The minimum absolute atomic E-state index is 0.112. The third-order valence-corrected chi connectivity index (χ3v) is 4.63. The third-order valence-electron chi connectivity index (χ3n) is 4.63. The van der Waals surface area contributed by atoms with E-state index in [9.17, 15) is 19.2 Å². The van der Waals surface area contributed by atoms with Crippen LogP contribution in [0.3, 0.4) is 0 Å². The van der Waals surface area contributed by atoms with E-state index < -0.39 is 22.5 Å². The fraction of sp³-hybridized carbons (Fsp3) is 0.357. The van der Waals surface area contributed by atoms with Crippen LogP contribution in [0.4, 0.5) is 11.5 Å². The van der Waals surface area contributed by atoms with Crippen LogP contribution in [-0.2, 0) is 21.1 Å². The van der Waals surface area contributed by atoms with Gasteiger partial charge in [-0.1, -0.05) is 0 Å². The summed E-state index contributed by atoms with van der Waals surface area (Å²) in [6, 6.07) is 0. The molecule has 0 radical (unpaired) electrons. The van der Waals surface area contributed by atoms with E-state index in [1.54, 1.807) is 17.0 Å². The van der Waals surface area contributed by atoms with E-state index in [2.05, 4.69) is 9.97 Å². The van der Waals surface area contributed by atoms with Gasteiger partial charge in [-0.2, -0.15) is 0 Å². The van der Waals surface area contributed by atoms with Crippen molar-refractivity contribution in [2.75, 3.05) is 23.6 Å². The van der Waals surface area contributed by atoms with Crippen LogP contribution in [0, 0.1) is 0 Å². The molecule has 3 aromatic rings. The highest BCUT2D eigenvalue weighted by Gasteiger charge is 2.32. The molecule has 0 fully saturated rings. The minimum atomic E-state index is -0.566. The van der Waals surface area contributed by atoms with Crippen molar-refractivity contribution in [3.8, 4) is 0 Å². The first kappa shape index (κ1) is 15.9. The van der Waals surface area contributed by atoms with Crippen LogP contribution in [0.5, 0.6) is 0 Å². The molecule has 1 aliphatic rings. The van der Waals surface area contributed by atoms with Gasteiger partial charge in [-0.25, -0.2) is 24.3 Å². The molecule has 0 aliphatic carbocycles. The fourth-order valence-electron chi connectivity index (χ4n) is 3.28. The van der Waals surface area contributed by atoms with Gasteiger partial charge in [0.05, 0.1) is 0 Å². The summed E-state index contributed by atoms with van der Waals surface area (Å²) in [4.78, 5) is 57.0. The largest absolute Gasteiger partial charge is 0.348 e. The maximum absolute atomic E-state index is 12.3. The van der Waals surface area contributed by atoms with Crippen molar-refractivity contribution in [3.63, 3.8) is 0 Å². The summed E-state index contributed by atoms with van der Waals surface area (Å²) in [5.41, 5.74) is -1.41. The second-order valence-corrected chi connectivity index (χ2v) is 6.20. The molecule has 0 saturated carbocycles. The van der Waals surface area contributed by atoms with Crippen molar-refractivity contribution in [1.29, 1.82) is 0 Å². The van der Waals surface area contributed by atoms with Gasteiger partial charge in [0.15, 0.2) is 17.0 Å². The topological polar surface area (TPSA) is 123 Å². The van der Waals surface area contributed by atoms with E-state index >= 15 is 0 Å². The number of aryl methyl sites for hydroxylation is 1. The quantitative estimate of drug-likeness (QED) is 0.509. The summed E-state index contributed by atoms with van der Waals surface area (Å²) in [6.07, 6.45) is 1.39. The van der Waals surface area contributed by atoms with Crippen LogP contribution in [0.25, 0.3) is 11.2 Å². The molecule has 0 unspecified atom stereocenters. The van der Waals surface area contributed by atoms with E-state index in [0.717, 1.165) is 4.57 Å². The molecule has 12 heteroatoms. The number of aromatic nitrogens is 6. The smallest absolute Gasteiger partial charge is 0.332 e. The third kappa shape index (κ3) is 1.80. The molecular formula is C14H16N8O4. The number of hydrogen-bond acceptors (Lipinski definition) is 7. The Hall–Kier alpha value is -3.57. The number of aromatic amines is 1. The maximum Gasteiger partial charge on any atom is 0.332 e. The molecule has 0 spiro atoms. The normalized spacial score (nSPS) is 13.7. The lowest BCUT2D eigenvalue weighted by Gasteiger charge is -2.22. The SMILES string of the molecule is CN1CN(n2cnc3c(=O)n(C)c(=O)n(C)c32)c2c1c(=O)[nH]c(=O)n2C. The van der Waals surface area contributed by atoms with Crippen molar-refractivity contribution >= 4 is 22.7 Å². The lowest BCUT2D eigenvalue weighted by molar-refractivity contribution is 0.652. The lowest BCUT2D eigenvalue weighted by atomic mass is 10.4. The molecule has 0 saturated heterocycles. The number of fused-ring (bicyclic) bond motifs is 2. The molecule has 4 rings (SSSR count). The Bertz CT molecular complexity index is 1300. The van der Waals surface area contributed by atoms with E-state index in [0.29, 0.717) is 11.5 Å². The predicted octanol–water partition coefficient (Wildman–Crippen LogP) is -2.50. The Morgan fingerprint density at radius 3 is 2.38 bits per heavy atom. The average molecular weight is 360 g/mol. The summed E-state index contributed by atoms with van der Waals surface area (Å²) < 4.78 is 5.07. The number of nitrogens with zero attached hydrogens (tertiary/aromatic N) is 7. The molecular weight excluding hydrogens is 344 g/mol. The molecule has 136 valence electrons. The monoisotopic (exact) mass is 360 g/mol. The van der Waals surface area contributed by atoms with Crippen molar-refractivity contribution < 1.29 is 0 Å². The summed E-state index contributed by atoms with van der Waals surface area (Å²) in [7, 11) is 6.14. The van der Waals surface area contributed by atoms with Gasteiger partial charge in [-0.3, -0.25) is 28.3 Å². The standard InChI is InChI=1S/C14H16N8O4/c1-17-6-22(11-8(17)9(23)16-13(25)18(11)2)21-5-15-7-10(21)19(3)14(26)20(4)12(7)24/h5H,6H2,1-4H3,(H,16,23,25). The molecule has 26 heavy (non-hydrogen) atoms. The van der Waals surface area contributed by atoms with Gasteiger partial charge in [0, 0.05) is 28.2 Å². The highest BCUT2D eigenvalue weighted by atomic mass is 16.2. The van der Waals surface area contributed by atoms with Crippen LogP contribution in [0.15, 0.2) is 25.5 Å². The van der Waals surface area contributed by atoms with Crippen LogP contribution in [-0.4, -0.2) is 42.1 Å². The van der Waals surface area contributed by atoms with Crippen molar-refractivity contribution in [1.82, 2.24) is 28.3 Å². The Labute approximate surface area is 144 Å². The number of rotatable bonds is 1. The van der Waals surface area contributed by atoms with Gasteiger partial charge < -0.3 is 4.90 Å². The number of anilines is 2. The molecule has 4 heterocycles.